The van der Waals surface area contributed by atoms with Gasteiger partial charge in [0, 0.05) is 30.1 Å². The molecule has 0 aromatic carbocycles. The predicted octanol–water partition coefficient (Wildman–Crippen LogP) is 3.04. The second-order valence-electron chi connectivity index (χ2n) is 8.16. The van der Waals surface area contributed by atoms with E-state index < -0.39 is 5.41 Å². The van der Waals surface area contributed by atoms with Gasteiger partial charge in [-0.3, -0.25) is 14.3 Å². The summed E-state index contributed by atoms with van der Waals surface area (Å²) in [5.74, 6) is -0.00862. The number of amides is 2. The molecule has 0 saturated carbocycles. The van der Waals surface area contributed by atoms with Gasteiger partial charge >= 0.3 is 0 Å². The summed E-state index contributed by atoms with van der Waals surface area (Å²) in [6.07, 6.45) is 6.14. The lowest BCUT2D eigenvalue weighted by Crippen LogP contribution is -2.41. The van der Waals surface area contributed by atoms with Crippen LogP contribution in [0, 0.1) is 12.3 Å². The zero-order valence-corrected chi connectivity index (χ0v) is 17.2. The van der Waals surface area contributed by atoms with Crippen molar-refractivity contribution < 1.29 is 9.59 Å². The molecule has 1 atom stereocenters. The molecule has 1 aliphatic rings. The number of hydrogen-bond donors (Lipinski definition) is 1. The number of anilines is 1. The van der Waals surface area contributed by atoms with E-state index in [1.54, 1.807) is 0 Å². The van der Waals surface area contributed by atoms with Gasteiger partial charge in [0.1, 0.15) is 0 Å². The van der Waals surface area contributed by atoms with E-state index in [9.17, 15) is 9.59 Å². The minimum Gasteiger partial charge on any atom is -0.340 e. The highest BCUT2D eigenvalue weighted by Crippen LogP contribution is 2.24. The molecule has 1 N–H and O–H groups in total. The molecule has 27 heavy (non-hydrogen) atoms. The van der Waals surface area contributed by atoms with Gasteiger partial charge in [0.05, 0.1) is 24.4 Å². The Morgan fingerprint density at radius 2 is 2.15 bits per heavy atom. The molecule has 0 bridgehead atoms. The third-order valence-corrected chi connectivity index (χ3v) is 5.45. The minimum atomic E-state index is -0.477. The number of piperidine rings is 1. The van der Waals surface area contributed by atoms with Gasteiger partial charge < -0.3 is 10.2 Å². The summed E-state index contributed by atoms with van der Waals surface area (Å²) >= 11 is 1.35. The Hall–Kier alpha value is -2.22. The number of likely N-dealkylation sites (tertiary alicyclic amines) is 1. The maximum Gasteiger partial charge on any atom is 0.231 e. The van der Waals surface area contributed by atoms with Crippen LogP contribution in [0.15, 0.2) is 17.8 Å². The SMILES string of the molecule is Cc1cnn(C2CCCN(C(=O)Cc3csc(NC(=O)C(C)(C)C)n3)C2)c1. The Labute approximate surface area is 163 Å². The lowest BCUT2D eigenvalue weighted by molar-refractivity contribution is -0.132. The first-order valence-corrected chi connectivity index (χ1v) is 10.1. The fourth-order valence-electron chi connectivity index (χ4n) is 3.03. The molecule has 7 nitrogen and oxygen atoms in total. The van der Waals surface area contributed by atoms with E-state index in [1.165, 1.54) is 11.3 Å². The Balaban J connectivity index is 1.58. The van der Waals surface area contributed by atoms with Crippen LogP contribution in [0.3, 0.4) is 0 Å². The van der Waals surface area contributed by atoms with E-state index >= 15 is 0 Å². The molecule has 3 heterocycles. The Bertz CT molecular complexity index is 820. The average molecular weight is 390 g/mol. The molecule has 1 fully saturated rings. The first kappa shape index (κ1) is 19.5. The fraction of sp³-hybridized carbons (Fsp3) is 0.579. The van der Waals surface area contributed by atoms with Crippen molar-refractivity contribution in [2.45, 2.75) is 53.0 Å². The molecule has 2 aromatic heterocycles. The van der Waals surface area contributed by atoms with Crippen molar-refractivity contribution in [1.29, 1.82) is 0 Å². The predicted molar refractivity (Wildman–Crippen MR) is 106 cm³/mol. The summed E-state index contributed by atoms with van der Waals surface area (Å²) in [6.45, 7) is 9.04. The van der Waals surface area contributed by atoms with Crippen molar-refractivity contribution in [3.63, 3.8) is 0 Å². The van der Waals surface area contributed by atoms with Crippen molar-refractivity contribution in [2.24, 2.45) is 5.41 Å². The highest BCUT2D eigenvalue weighted by molar-refractivity contribution is 7.13. The van der Waals surface area contributed by atoms with Crippen LogP contribution in [0.5, 0.6) is 0 Å². The number of aryl methyl sites for hydroxylation is 1. The van der Waals surface area contributed by atoms with E-state index in [0.717, 1.165) is 24.9 Å². The summed E-state index contributed by atoms with van der Waals surface area (Å²) in [5, 5.41) is 9.60. The van der Waals surface area contributed by atoms with Crippen LogP contribution >= 0.6 is 11.3 Å². The Morgan fingerprint density at radius 3 is 2.81 bits per heavy atom. The lowest BCUT2D eigenvalue weighted by Gasteiger charge is -2.32. The van der Waals surface area contributed by atoms with Gasteiger partial charge in [-0.25, -0.2) is 4.98 Å². The summed E-state index contributed by atoms with van der Waals surface area (Å²) in [4.78, 5) is 31.1. The molecule has 1 unspecified atom stereocenters. The summed E-state index contributed by atoms with van der Waals surface area (Å²) in [5.41, 5.74) is 1.35. The molecule has 3 rings (SSSR count). The number of rotatable bonds is 4. The Morgan fingerprint density at radius 1 is 1.37 bits per heavy atom. The fourth-order valence-corrected chi connectivity index (χ4v) is 3.73. The number of nitrogens with one attached hydrogen (secondary N) is 1. The molecule has 8 heteroatoms. The maximum absolute atomic E-state index is 12.7. The van der Waals surface area contributed by atoms with Gasteiger partial charge in [-0.05, 0) is 25.3 Å². The molecular weight excluding hydrogens is 362 g/mol. The van der Waals surface area contributed by atoms with E-state index in [1.807, 2.05) is 55.1 Å². The van der Waals surface area contributed by atoms with Crippen LogP contribution in [0.4, 0.5) is 5.13 Å². The zero-order chi connectivity index (χ0) is 19.6. The second-order valence-corrected chi connectivity index (χ2v) is 9.02. The van der Waals surface area contributed by atoms with Crippen molar-refractivity contribution >= 4 is 28.3 Å². The van der Waals surface area contributed by atoms with Gasteiger partial charge in [-0.1, -0.05) is 20.8 Å². The smallest absolute Gasteiger partial charge is 0.231 e. The van der Waals surface area contributed by atoms with Crippen LogP contribution in [-0.4, -0.2) is 44.6 Å². The molecule has 0 radical (unpaired) electrons. The Kier molecular flexibility index (Phi) is 5.64. The second kappa shape index (κ2) is 7.80. The van der Waals surface area contributed by atoms with Crippen LogP contribution in [-0.2, 0) is 16.0 Å². The normalized spacial score (nSPS) is 17.8. The van der Waals surface area contributed by atoms with Gasteiger partial charge in [-0.15, -0.1) is 11.3 Å². The minimum absolute atomic E-state index is 0.0718. The van der Waals surface area contributed by atoms with Crippen molar-refractivity contribution in [2.75, 3.05) is 18.4 Å². The molecule has 2 amide bonds. The highest BCUT2D eigenvalue weighted by atomic mass is 32.1. The number of carbonyl (C=O) groups excluding carboxylic acids is 2. The third kappa shape index (κ3) is 4.94. The van der Waals surface area contributed by atoms with Crippen LogP contribution in [0.2, 0.25) is 0 Å². The molecular formula is C19H27N5O2S. The quantitative estimate of drug-likeness (QED) is 0.872. The van der Waals surface area contributed by atoms with E-state index in [4.69, 9.17) is 0 Å². The van der Waals surface area contributed by atoms with Crippen LogP contribution < -0.4 is 5.32 Å². The number of aromatic nitrogens is 3. The van der Waals surface area contributed by atoms with Crippen molar-refractivity contribution in [3.05, 3.63) is 29.0 Å². The van der Waals surface area contributed by atoms with Gasteiger partial charge in [0.2, 0.25) is 11.8 Å². The number of hydrogen-bond acceptors (Lipinski definition) is 5. The van der Waals surface area contributed by atoms with Crippen molar-refractivity contribution in [1.82, 2.24) is 19.7 Å². The summed E-state index contributed by atoms with van der Waals surface area (Å²) in [7, 11) is 0. The standard InChI is InChI=1S/C19H27N5O2S/c1-13-9-20-24(10-13)15-6-5-7-23(11-15)16(25)8-14-12-27-18(21-14)22-17(26)19(2,3)4/h9-10,12,15H,5-8,11H2,1-4H3,(H,21,22,26). The largest absolute Gasteiger partial charge is 0.340 e. The number of thiazole rings is 1. The lowest BCUT2D eigenvalue weighted by atomic mass is 9.96. The molecule has 1 saturated heterocycles. The van der Waals surface area contributed by atoms with Crippen molar-refractivity contribution in [3.8, 4) is 0 Å². The number of nitrogens with zero attached hydrogens (tertiary/aromatic N) is 4. The molecule has 0 aliphatic carbocycles. The highest BCUT2D eigenvalue weighted by Gasteiger charge is 2.26. The summed E-state index contributed by atoms with van der Waals surface area (Å²) < 4.78 is 1.97. The number of carbonyl (C=O) groups is 2. The van der Waals surface area contributed by atoms with Gasteiger partial charge in [0.25, 0.3) is 0 Å². The van der Waals surface area contributed by atoms with Gasteiger partial charge in [-0.2, -0.15) is 5.10 Å². The zero-order valence-electron chi connectivity index (χ0n) is 16.4. The molecule has 146 valence electrons. The van der Waals surface area contributed by atoms with Crippen LogP contribution in [0.25, 0.3) is 0 Å². The third-order valence-electron chi connectivity index (χ3n) is 4.64. The average Bonchev–Trinajstić information content (AvgIpc) is 3.23. The first-order valence-electron chi connectivity index (χ1n) is 9.27. The van der Waals surface area contributed by atoms with E-state index in [2.05, 4.69) is 15.4 Å². The van der Waals surface area contributed by atoms with Gasteiger partial charge in [0.15, 0.2) is 5.13 Å². The van der Waals surface area contributed by atoms with E-state index in [-0.39, 0.29) is 24.3 Å². The first-order chi connectivity index (χ1) is 12.7. The molecule has 1 aliphatic heterocycles. The topological polar surface area (TPSA) is 80.1 Å². The van der Waals surface area contributed by atoms with E-state index in [0.29, 0.717) is 17.4 Å². The summed E-state index contributed by atoms with van der Waals surface area (Å²) in [6, 6.07) is 0.230. The monoisotopic (exact) mass is 389 g/mol. The van der Waals surface area contributed by atoms with Crippen LogP contribution in [0.1, 0.15) is 50.9 Å². The maximum atomic E-state index is 12.7. The molecule has 0 spiro atoms. The molecule has 2 aromatic rings.